The number of amides is 1. The number of anilines is 1. The smallest absolute Gasteiger partial charge is 0.221 e. The quantitative estimate of drug-likeness (QED) is 0.453. The molecule has 3 rings (SSSR count). The molecular weight excluding hydrogens is 402 g/mol. The van der Waals surface area contributed by atoms with Gasteiger partial charge in [0.05, 0.1) is 17.1 Å². The first-order valence-corrected chi connectivity index (χ1v) is 12.3. The third-order valence-corrected chi connectivity index (χ3v) is 7.19. The number of rotatable bonds is 7. The molecule has 1 aromatic carbocycles. The van der Waals surface area contributed by atoms with Crippen molar-refractivity contribution >= 4 is 40.9 Å². The molecular formula is C22H29N3O2S2. The van der Waals surface area contributed by atoms with Crippen LogP contribution in [-0.2, 0) is 4.79 Å². The summed E-state index contributed by atoms with van der Waals surface area (Å²) in [5, 5.41) is 3.77. The summed E-state index contributed by atoms with van der Waals surface area (Å²) in [6, 6.07) is 5.96. The van der Waals surface area contributed by atoms with Crippen LogP contribution in [0.15, 0.2) is 28.3 Å². The zero-order valence-corrected chi connectivity index (χ0v) is 19.2. The number of thioether (sulfide) groups is 2. The predicted octanol–water partition coefficient (Wildman–Crippen LogP) is 5.66. The van der Waals surface area contributed by atoms with Crippen molar-refractivity contribution in [2.24, 2.45) is 0 Å². The highest BCUT2D eigenvalue weighted by Crippen LogP contribution is 2.34. The zero-order chi connectivity index (χ0) is 21.0. The second kappa shape index (κ2) is 9.85. The molecule has 0 aliphatic heterocycles. The fraction of sp³-hybridized carbons (Fsp3) is 0.500. The molecule has 5 nitrogen and oxygen atoms in total. The summed E-state index contributed by atoms with van der Waals surface area (Å²) in [6.45, 7) is 5.67. The average molecular weight is 432 g/mol. The van der Waals surface area contributed by atoms with Crippen molar-refractivity contribution < 1.29 is 9.59 Å². The normalized spacial score (nSPS) is 14.8. The van der Waals surface area contributed by atoms with E-state index >= 15 is 0 Å². The summed E-state index contributed by atoms with van der Waals surface area (Å²) >= 11 is 3.05. The molecule has 0 spiro atoms. The highest BCUT2D eigenvalue weighted by Gasteiger charge is 2.22. The van der Waals surface area contributed by atoms with Crippen LogP contribution in [0.25, 0.3) is 0 Å². The van der Waals surface area contributed by atoms with E-state index in [-0.39, 0.29) is 11.7 Å². The molecule has 0 saturated heterocycles. The Labute approximate surface area is 181 Å². The Morgan fingerprint density at radius 2 is 1.93 bits per heavy atom. The minimum absolute atomic E-state index is 0.0770. The number of Topliss-reactive ketones (excluding diaryl/α,β-unsaturated/α-hetero) is 1. The number of imidazole rings is 1. The Bertz CT molecular complexity index is 902. The fourth-order valence-electron chi connectivity index (χ4n) is 3.84. The van der Waals surface area contributed by atoms with E-state index in [0.29, 0.717) is 17.4 Å². The van der Waals surface area contributed by atoms with Crippen molar-refractivity contribution in [1.82, 2.24) is 9.55 Å². The molecule has 1 heterocycles. The van der Waals surface area contributed by atoms with Gasteiger partial charge in [0.2, 0.25) is 5.91 Å². The molecule has 1 aliphatic rings. The Morgan fingerprint density at radius 1 is 1.21 bits per heavy atom. The van der Waals surface area contributed by atoms with Crippen molar-refractivity contribution in [2.75, 3.05) is 17.3 Å². The molecule has 0 radical (unpaired) electrons. The van der Waals surface area contributed by atoms with Crippen molar-refractivity contribution in [2.45, 2.75) is 69.0 Å². The summed E-state index contributed by atoms with van der Waals surface area (Å²) in [5.41, 5.74) is 3.68. The van der Waals surface area contributed by atoms with E-state index in [2.05, 4.69) is 16.8 Å². The van der Waals surface area contributed by atoms with E-state index in [0.717, 1.165) is 21.4 Å². The minimum atomic E-state index is -0.116. The predicted molar refractivity (Wildman–Crippen MR) is 121 cm³/mol. The first-order chi connectivity index (χ1) is 13.9. The number of benzene rings is 1. The summed E-state index contributed by atoms with van der Waals surface area (Å²) < 4.78 is 2.36. The van der Waals surface area contributed by atoms with E-state index in [9.17, 15) is 9.59 Å². The van der Waals surface area contributed by atoms with Gasteiger partial charge in [-0.05, 0) is 51.1 Å². The number of nitrogens with one attached hydrogen (secondary N) is 1. The molecule has 0 bridgehead atoms. The van der Waals surface area contributed by atoms with Gasteiger partial charge in [-0.3, -0.25) is 9.59 Å². The minimum Gasteiger partial charge on any atom is -0.325 e. The van der Waals surface area contributed by atoms with E-state index < -0.39 is 0 Å². The van der Waals surface area contributed by atoms with Gasteiger partial charge in [-0.1, -0.05) is 31.0 Å². The first-order valence-electron chi connectivity index (χ1n) is 10.1. The van der Waals surface area contributed by atoms with Crippen LogP contribution in [-0.4, -0.2) is 33.3 Å². The van der Waals surface area contributed by atoms with Crippen LogP contribution in [0.5, 0.6) is 0 Å². The molecule has 1 saturated carbocycles. The summed E-state index contributed by atoms with van der Waals surface area (Å²) in [5.74, 6) is 0.319. The molecule has 1 aromatic heterocycles. The van der Waals surface area contributed by atoms with E-state index in [1.165, 1.54) is 68.2 Å². The molecule has 0 unspecified atom stereocenters. The lowest BCUT2D eigenvalue weighted by Crippen LogP contribution is -2.15. The lowest BCUT2D eigenvalue weighted by molar-refractivity contribution is -0.114. The van der Waals surface area contributed by atoms with Crippen LogP contribution >= 0.6 is 23.5 Å². The lowest BCUT2D eigenvalue weighted by atomic mass is 9.95. The zero-order valence-electron chi connectivity index (χ0n) is 17.6. The maximum Gasteiger partial charge on any atom is 0.221 e. The van der Waals surface area contributed by atoms with Crippen LogP contribution in [0.1, 0.15) is 66.8 Å². The van der Waals surface area contributed by atoms with Crippen LogP contribution in [0.4, 0.5) is 5.69 Å². The van der Waals surface area contributed by atoms with Crippen molar-refractivity contribution in [1.29, 1.82) is 0 Å². The SMILES string of the molecule is CSc1cc(C(=O)CSc2nc(C)c(C)n2C2CCCCC2)ccc1NC(C)=O. The monoisotopic (exact) mass is 431 g/mol. The van der Waals surface area contributed by atoms with Gasteiger partial charge in [-0.25, -0.2) is 4.98 Å². The van der Waals surface area contributed by atoms with Gasteiger partial charge in [-0.15, -0.1) is 11.8 Å². The van der Waals surface area contributed by atoms with Gasteiger partial charge in [-0.2, -0.15) is 0 Å². The number of ketones is 1. The topological polar surface area (TPSA) is 64.0 Å². The van der Waals surface area contributed by atoms with Crippen molar-refractivity contribution in [3.63, 3.8) is 0 Å². The van der Waals surface area contributed by atoms with Gasteiger partial charge in [0.1, 0.15) is 0 Å². The molecule has 1 fully saturated rings. The first kappa shape index (κ1) is 22.0. The number of nitrogens with zero attached hydrogens (tertiary/aromatic N) is 2. The van der Waals surface area contributed by atoms with E-state index in [1.807, 2.05) is 25.3 Å². The largest absolute Gasteiger partial charge is 0.325 e. The number of aromatic nitrogens is 2. The molecule has 1 N–H and O–H groups in total. The number of carbonyl (C=O) groups excluding carboxylic acids is 2. The fourth-order valence-corrected chi connectivity index (χ4v) is 5.48. The van der Waals surface area contributed by atoms with Crippen LogP contribution in [0.3, 0.4) is 0 Å². The van der Waals surface area contributed by atoms with Gasteiger partial charge in [0.25, 0.3) is 0 Å². The van der Waals surface area contributed by atoms with E-state index in [4.69, 9.17) is 4.98 Å². The highest BCUT2D eigenvalue weighted by molar-refractivity contribution is 7.99. The molecule has 2 aromatic rings. The molecule has 29 heavy (non-hydrogen) atoms. The maximum atomic E-state index is 12.8. The van der Waals surface area contributed by atoms with Crippen LogP contribution in [0.2, 0.25) is 0 Å². The Balaban J connectivity index is 1.74. The maximum absolute atomic E-state index is 12.8. The lowest BCUT2D eigenvalue weighted by Gasteiger charge is -2.26. The highest BCUT2D eigenvalue weighted by atomic mass is 32.2. The number of aryl methyl sites for hydroxylation is 1. The summed E-state index contributed by atoms with van der Waals surface area (Å²) in [6.07, 6.45) is 8.18. The van der Waals surface area contributed by atoms with E-state index in [1.54, 1.807) is 6.07 Å². The second-order valence-corrected chi connectivity index (χ2v) is 9.33. The Hall–Kier alpha value is -1.73. The Kier molecular flexibility index (Phi) is 7.46. The van der Waals surface area contributed by atoms with Crippen LogP contribution < -0.4 is 5.32 Å². The van der Waals surface area contributed by atoms with Gasteiger partial charge < -0.3 is 9.88 Å². The van der Waals surface area contributed by atoms with Crippen LogP contribution in [0, 0.1) is 13.8 Å². The van der Waals surface area contributed by atoms with Crippen molar-refractivity contribution in [3.05, 3.63) is 35.2 Å². The number of hydrogen-bond donors (Lipinski definition) is 1. The van der Waals surface area contributed by atoms with Crippen molar-refractivity contribution in [3.8, 4) is 0 Å². The molecule has 0 atom stereocenters. The van der Waals surface area contributed by atoms with Gasteiger partial charge in [0.15, 0.2) is 10.9 Å². The molecule has 156 valence electrons. The molecule has 1 amide bonds. The second-order valence-electron chi connectivity index (χ2n) is 7.54. The average Bonchev–Trinajstić information content (AvgIpc) is 3.00. The Morgan fingerprint density at radius 3 is 2.59 bits per heavy atom. The third kappa shape index (κ3) is 5.25. The molecule has 7 heteroatoms. The van der Waals surface area contributed by atoms with Gasteiger partial charge >= 0.3 is 0 Å². The number of carbonyl (C=O) groups is 2. The molecule has 1 aliphatic carbocycles. The summed E-state index contributed by atoms with van der Waals surface area (Å²) in [7, 11) is 0. The number of hydrogen-bond acceptors (Lipinski definition) is 5. The summed E-state index contributed by atoms with van der Waals surface area (Å²) in [4.78, 5) is 29.8. The standard InChI is InChI=1S/C22H29N3O2S2/c1-14-15(2)25(18-8-6-5-7-9-18)22(23-14)29-13-20(27)17-10-11-19(24-16(3)26)21(12-17)28-4/h10-12,18H,5-9,13H2,1-4H3,(H,24,26). The van der Waals surface area contributed by atoms with Gasteiger partial charge in [0, 0.05) is 29.1 Å². The third-order valence-electron chi connectivity index (χ3n) is 5.46.